The first-order valence-electron chi connectivity index (χ1n) is 8.84. The summed E-state index contributed by atoms with van der Waals surface area (Å²) in [5, 5.41) is 7.75. The van der Waals surface area contributed by atoms with E-state index >= 15 is 0 Å². The minimum absolute atomic E-state index is 0.0972. The average Bonchev–Trinajstić information content (AvgIpc) is 2.48. The van der Waals surface area contributed by atoms with E-state index in [2.05, 4.69) is 13.8 Å². The van der Waals surface area contributed by atoms with Crippen LogP contribution in [0, 0.1) is 0 Å². The second kappa shape index (κ2) is 24.0. The SMILES string of the molecule is CCCCCCCCCCCCCC.NCCO.O=S(=O)(O)O. The van der Waals surface area contributed by atoms with Crippen LogP contribution in [0.5, 0.6) is 0 Å². The van der Waals surface area contributed by atoms with Gasteiger partial charge < -0.3 is 10.8 Å². The van der Waals surface area contributed by atoms with Crippen molar-refractivity contribution in [3.8, 4) is 0 Å². The van der Waals surface area contributed by atoms with E-state index in [1.807, 2.05) is 0 Å². The summed E-state index contributed by atoms with van der Waals surface area (Å²) >= 11 is 0. The summed E-state index contributed by atoms with van der Waals surface area (Å²) in [5.41, 5.74) is 4.78. The van der Waals surface area contributed by atoms with Crippen LogP contribution in [0.15, 0.2) is 0 Å². The van der Waals surface area contributed by atoms with Gasteiger partial charge in [-0.3, -0.25) is 9.11 Å². The maximum atomic E-state index is 8.74. The average molecular weight is 358 g/mol. The third-order valence-electron chi connectivity index (χ3n) is 3.09. The van der Waals surface area contributed by atoms with Crippen molar-refractivity contribution in [1.29, 1.82) is 0 Å². The zero-order valence-corrected chi connectivity index (χ0v) is 15.9. The molecule has 0 fully saturated rings. The topological polar surface area (TPSA) is 121 Å². The summed E-state index contributed by atoms with van der Waals surface area (Å²) in [6.07, 6.45) is 17.4. The maximum Gasteiger partial charge on any atom is 0.394 e. The zero-order chi connectivity index (χ0) is 18.4. The minimum atomic E-state index is -4.67. The Morgan fingerprint density at radius 1 is 0.696 bits per heavy atom. The standard InChI is InChI=1S/C14H30.C2H7NO.H2O4S/c1-3-5-7-9-11-13-14-12-10-8-6-4-2;3-1-2-4;1-5(2,3)4/h3-14H2,1-2H3;4H,1-3H2;(H2,1,2,3,4). The lowest BCUT2D eigenvalue weighted by Gasteiger charge is -2.01. The third kappa shape index (κ3) is 61.4. The van der Waals surface area contributed by atoms with Gasteiger partial charge in [-0.2, -0.15) is 8.42 Å². The van der Waals surface area contributed by atoms with E-state index in [0.717, 1.165) is 0 Å². The zero-order valence-electron chi connectivity index (χ0n) is 15.0. The molecular formula is C16H39NO5S. The van der Waals surface area contributed by atoms with E-state index in [1.165, 1.54) is 77.0 Å². The lowest BCUT2D eigenvalue weighted by molar-refractivity contribution is 0.306. The van der Waals surface area contributed by atoms with Crippen LogP contribution in [0.3, 0.4) is 0 Å². The van der Waals surface area contributed by atoms with Crippen molar-refractivity contribution in [3.05, 3.63) is 0 Å². The smallest absolute Gasteiger partial charge is 0.394 e. The normalized spacial score (nSPS) is 10.3. The van der Waals surface area contributed by atoms with Crippen molar-refractivity contribution in [2.24, 2.45) is 5.73 Å². The Morgan fingerprint density at radius 2 is 0.870 bits per heavy atom. The highest BCUT2D eigenvalue weighted by molar-refractivity contribution is 7.79. The molecule has 0 heterocycles. The molecule has 0 aliphatic carbocycles. The van der Waals surface area contributed by atoms with E-state index in [4.69, 9.17) is 28.4 Å². The number of aliphatic hydroxyl groups excluding tert-OH is 1. The van der Waals surface area contributed by atoms with Gasteiger partial charge >= 0.3 is 10.4 Å². The molecule has 0 atom stereocenters. The Labute approximate surface area is 143 Å². The first-order chi connectivity index (χ1) is 10.8. The number of hydrogen-bond acceptors (Lipinski definition) is 4. The van der Waals surface area contributed by atoms with Gasteiger partial charge in [-0.25, -0.2) is 0 Å². The summed E-state index contributed by atoms with van der Waals surface area (Å²) < 4.78 is 31.6. The van der Waals surface area contributed by atoms with E-state index in [1.54, 1.807) is 0 Å². The third-order valence-corrected chi connectivity index (χ3v) is 3.09. The molecule has 0 rings (SSSR count). The molecule has 0 aliphatic heterocycles. The van der Waals surface area contributed by atoms with E-state index in [0.29, 0.717) is 6.54 Å². The highest BCUT2D eigenvalue weighted by atomic mass is 32.3. The van der Waals surface area contributed by atoms with Crippen molar-refractivity contribution in [2.75, 3.05) is 13.2 Å². The van der Waals surface area contributed by atoms with Gasteiger partial charge in [0.1, 0.15) is 0 Å². The van der Waals surface area contributed by atoms with Crippen molar-refractivity contribution in [3.63, 3.8) is 0 Å². The van der Waals surface area contributed by atoms with E-state index in [-0.39, 0.29) is 6.61 Å². The summed E-state index contributed by atoms with van der Waals surface area (Å²) in [6.45, 7) is 5.04. The monoisotopic (exact) mass is 357 g/mol. The Morgan fingerprint density at radius 3 is 1.00 bits per heavy atom. The van der Waals surface area contributed by atoms with Gasteiger partial charge in [0.25, 0.3) is 0 Å². The summed E-state index contributed by atoms with van der Waals surface area (Å²) in [4.78, 5) is 0. The van der Waals surface area contributed by atoms with E-state index in [9.17, 15) is 0 Å². The Kier molecular flexibility index (Phi) is 28.9. The Bertz CT molecular complexity index is 262. The van der Waals surface area contributed by atoms with Crippen molar-refractivity contribution < 1.29 is 22.6 Å². The fraction of sp³-hybridized carbons (Fsp3) is 1.00. The number of hydrogen-bond donors (Lipinski definition) is 4. The van der Waals surface area contributed by atoms with Crippen LogP contribution in [0.25, 0.3) is 0 Å². The first-order valence-corrected chi connectivity index (χ1v) is 10.2. The molecule has 0 aromatic heterocycles. The molecule has 0 saturated heterocycles. The lowest BCUT2D eigenvalue weighted by atomic mass is 10.1. The number of aliphatic hydroxyl groups is 1. The van der Waals surface area contributed by atoms with Crippen molar-refractivity contribution in [1.82, 2.24) is 0 Å². The first kappa shape index (κ1) is 27.6. The van der Waals surface area contributed by atoms with Crippen LogP contribution >= 0.6 is 0 Å². The quantitative estimate of drug-likeness (QED) is 0.309. The van der Waals surface area contributed by atoms with Crippen LogP contribution in [0.4, 0.5) is 0 Å². The highest BCUT2D eigenvalue weighted by Gasteiger charge is 1.91. The molecule has 0 aromatic rings. The second-order valence-corrected chi connectivity index (χ2v) is 6.39. The fourth-order valence-corrected chi connectivity index (χ4v) is 1.91. The van der Waals surface area contributed by atoms with Crippen LogP contribution < -0.4 is 5.73 Å². The molecule has 0 aromatic carbocycles. The molecule has 5 N–H and O–H groups in total. The molecule has 0 saturated carbocycles. The second-order valence-electron chi connectivity index (χ2n) is 5.50. The summed E-state index contributed by atoms with van der Waals surface area (Å²) in [6, 6.07) is 0. The Hall–Kier alpha value is -0.210. The fourth-order valence-electron chi connectivity index (χ4n) is 1.91. The number of unbranched alkanes of at least 4 members (excludes halogenated alkanes) is 11. The predicted octanol–water partition coefficient (Wildman–Crippen LogP) is 3.99. The molecule has 0 unspecified atom stereocenters. The van der Waals surface area contributed by atoms with Gasteiger partial charge in [-0.05, 0) is 0 Å². The molecule has 0 aliphatic rings. The van der Waals surface area contributed by atoms with Gasteiger partial charge in [-0.1, -0.05) is 90.9 Å². The molecule has 0 spiro atoms. The van der Waals surface area contributed by atoms with Crippen LogP contribution in [0.2, 0.25) is 0 Å². The molecular weight excluding hydrogens is 318 g/mol. The number of rotatable bonds is 12. The molecule has 7 heteroatoms. The van der Waals surface area contributed by atoms with Crippen LogP contribution in [-0.4, -0.2) is 35.8 Å². The van der Waals surface area contributed by atoms with Gasteiger partial charge in [0.15, 0.2) is 0 Å². The molecule has 0 amide bonds. The van der Waals surface area contributed by atoms with Crippen molar-refractivity contribution >= 4 is 10.4 Å². The summed E-state index contributed by atoms with van der Waals surface area (Å²) in [5.74, 6) is 0. The van der Waals surface area contributed by atoms with Gasteiger partial charge in [-0.15, -0.1) is 0 Å². The predicted molar refractivity (Wildman–Crippen MR) is 97.1 cm³/mol. The van der Waals surface area contributed by atoms with Gasteiger partial charge in [0.05, 0.1) is 6.61 Å². The molecule has 23 heavy (non-hydrogen) atoms. The van der Waals surface area contributed by atoms with Gasteiger partial charge in [0.2, 0.25) is 0 Å². The molecule has 6 nitrogen and oxygen atoms in total. The Balaban J connectivity index is -0.000000365. The van der Waals surface area contributed by atoms with Gasteiger partial charge in [0, 0.05) is 6.54 Å². The summed E-state index contributed by atoms with van der Waals surface area (Å²) in [7, 11) is -4.67. The number of nitrogens with two attached hydrogens (primary N) is 1. The molecule has 0 radical (unpaired) electrons. The van der Waals surface area contributed by atoms with Crippen LogP contribution in [-0.2, 0) is 10.4 Å². The van der Waals surface area contributed by atoms with E-state index < -0.39 is 10.4 Å². The largest absolute Gasteiger partial charge is 0.395 e. The van der Waals surface area contributed by atoms with Crippen molar-refractivity contribution in [2.45, 2.75) is 90.9 Å². The lowest BCUT2D eigenvalue weighted by Crippen LogP contribution is -2.02. The minimum Gasteiger partial charge on any atom is -0.395 e. The van der Waals surface area contributed by atoms with Crippen LogP contribution in [0.1, 0.15) is 90.9 Å². The molecule has 144 valence electrons. The maximum absolute atomic E-state index is 8.74. The highest BCUT2D eigenvalue weighted by Crippen LogP contribution is 2.11. The molecule has 0 bridgehead atoms.